The molecule has 0 atom stereocenters. The molecule has 1 aliphatic rings. The number of rotatable bonds is 4. The second kappa shape index (κ2) is 7.29. The lowest BCUT2D eigenvalue weighted by Gasteiger charge is -2.16. The molecule has 1 heterocycles. The van der Waals surface area contributed by atoms with E-state index in [1.165, 1.54) is 11.8 Å². The highest BCUT2D eigenvalue weighted by Gasteiger charge is 2.31. The molecule has 3 nitrogen and oxygen atoms in total. The minimum Gasteiger partial charge on any atom is -0.367 e. The lowest BCUT2D eigenvalue weighted by Crippen LogP contribution is -2.33. The van der Waals surface area contributed by atoms with Crippen molar-refractivity contribution < 1.29 is 4.79 Å². The zero-order chi connectivity index (χ0) is 16.2. The summed E-state index contributed by atoms with van der Waals surface area (Å²) in [6, 6.07) is 17.6. The van der Waals surface area contributed by atoms with Gasteiger partial charge in [-0.2, -0.15) is 0 Å². The number of thiocarbonyl (C=S) groups is 1. The highest BCUT2D eigenvalue weighted by molar-refractivity contribution is 9.10. The molecule has 3 rings (SSSR count). The van der Waals surface area contributed by atoms with E-state index < -0.39 is 0 Å². The van der Waals surface area contributed by atoms with E-state index >= 15 is 0 Å². The molecule has 1 fully saturated rings. The Morgan fingerprint density at radius 1 is 1.13 bits per heavy atom. The molecule has 1 saturated heterocycles. The maximum absolute atomic E-state index is 12.5. The largest absolute Gasteiger partial charge is 0.367 e. The molecule has 23 heavy (non-hydrogen) atoms. The first-order chi connectivity index (χ1) is 11.1. The average Bonchev–Trinajstić information content (AvgIpc) is 2.82. The normalized spacial score (nSPS) is 16.2. The number of anilines is 1. The molecule has 0 aromatic heterocycles. The summed E-state index contributed by atoms with van der Waals surface area (Å²) >= 11 is 10.1. The Morgan fingerprint density at radius 3 is 2.52 bits per heavy atom. The Hall–Kier alpha value is -1.63. The van der Waals surface area contributed by atoms with E-state index in [-0.39, 0.29) is 5.91 Å². The Bertz CT molecular complexity index is 760. The zero-order valence-corrected chi connectivity index (χ0v) is 15.2. The van der Waals surface area contributed by atoms with Gasteiger partial charge in [0, 0.05) is 10.2 Å². The first-order valence-corrected chi connectivity index (χ1v) is 8.95. The molecule has 0 radical (unpaired) electrons. The quantitative estimate of drug-likeness (QED) is 0.590. The number of para-hydroxylation sites is 1. The van der Waals surface area contributed by atoms with Crippen molar-refractivity contribution in [3.05, 3.63) is 69.5 Å². The zero-order valence-electron chi connectivity index (χ0n) is 12.0. The molecular formula is C17H13BrN2OS2. The van der Waals surface area contributed by atoms with Crippen LogP contribution >= 0.6 is 39.9 Å². The number of hydrogen-bond acceptors (Lipinski definition) is 4. The van der Waals surface area contributed by atoms with E-state index in [0.717, 1.165) is 15.7 Å². The molecule has 1 aliphatic heterocycles. The van der Waals surface area contributed by atoms with Gasteiger partial charge in [-0.05, 0) is 35.9 Å². The summed E-state index contributed by atoms with van der Waals surface area (Å²) in [7, 11) is 0. The lowest BCUT2D eigenvalue weighted by molar-refractivity contribution is -0.121. The smallest absolute Gasteiger partial charge is 0.267 e. The molecule has 6 heteroatoms. The molecule has 1 amide bonds. The number of hydrogen-bond donors (Lipinski definition) is 1. The summed E-state index contributed by atoms with van der Waals surface area (Å²) in [5.41, 5.74) is 1.93. The van der Waals surface area contributed by atoms with Crippen molar-refractivity contribution in [1.82, 2.24) is 4.90 Å². The number of halogens is 1. The molecule has 0 aliphatic carbocycles. The van der Waals surface area contributed by atoms with Crippen molar-refractivity contribution in [2.75, 3.05) is 12.0 Å². The molecule has 0 spiro atoms. The topological polar surface area (TPSA) is 32.3 Å². The predicted molar refractivity (Wildman–Crippen MR) is 104 cm³/mol. The number of thioether (sulfide) groups is 1. The third-order valence-electron chi connectivity index (χ3n) is 3.26. The second-order valence-electron chi connectivity index (χ2n) is 4.86. The van der Waals surface area contributed by atoms with Gasteiger partial charge in [-0.15, -0.1) is 0 Å². The van der Waals surface area contributed by atoms with E-state index in [9.17, 15) is 4.79 Å². The second-order valence-corrected chi connectivity index (χ2v) is 7.45. The number of amides is 1. The Morgan fingerprint density at radius 2 is 1.83 bits per heavy atom. The summed E-state index contributed by atoms with van der Waals surface area (Å²) in [5, 5.41) is 3.21. The highest BCUT2D eigenvalue weighted by atomic mass is 79.9. The first-order valence-electron chi connectivity index (χ1n) is 6.93. The first kappa shape index (κ1) is 16.2. The number of benzene rings is 2. The van der Waals surface area contributed by atoms with Crippen LogP contribution in [0.5, 0.6) is 0 Å². The monoisotopic (exact) mass is 404 g/mol. The number of nitrogens with zero attached hydrogens (tertiary/aromatic N) is 1. The van der Waals surface area contributed by atoms with Crippen molar-refractivity contribution in [2.45, 2.75) is 0 Å². The van der Waals surface area contributed by atoms with Crippen molar-refractivity contribution in [1.29, 1.82) is 0 Å². The Kier molecular flexibility index (Phi) is 5.15. The summed E-state index contributed by atoms with van der Waals surface area (Å²) in [4.78, 5) is 14.7. The van der Waals surface area contributed by atoms with Crippen LogP contribution in [-0.4, -0.2) is 21.8 Å². The van der Waals surface area contributed by atoms with Crippen LogP contribution in [0.1, 0.15) is 5.56 Å². The van der Waals surface area contributed by atoms with E-state index in [1.807, 2.05) is 60.7 Å². The van der Waals surface area contributed by atoms with Gasteiger partial charge >= 0.3 is 0 Å². The third-order valence-corrected chi connectivity index (χ3v) is 5.16. The number of carbonyl (C=O) groups is 1. The van der Waals surface area contributed by atoms with Gasteiger partial charge < -0.3 is 5.32 Å². The van der Waals surface area contributed by atoms with Crippen LogP contribution in [0, 0.1) is 0 Å². The molecule has 1 N–H and O–H groups in total. The van der Waals surface area contributed by atoms with Crippen molar-refractivity contribution in [2.24, 2.45) is 0 Å². The van der Waals surface area contributed by atoms with Crippen LogP contribution in [0.2, 0.25) is 0 Å². The van der Waals surface area contributed by atoms with Crippen LogP contribution in [-0.2, 0) is 4.79 Å². The van der Waals surface area contributed by atoms with Gasteiger partial charge in [-0.1, -0.05) is 70.2 Å². The van der Waals surface area contributed by atoms with Crippen LogP contribution in [0.15, 0.2) is 64.0 Å². The molecule has 2 aromatic carbocycles. The highest BCUT2D eigenvalue weighted by Crippen LogP contribution is 2.32. The summed E-state index contributed by atoms with van der Waals surface area (Å²) in [6.07, 6.45) is 1.87. The summed E-state index contributed by atoms with van der Waals surface area (Å²) in [6.45, 7) is 0.367. The maximum atomic E-state index is 12.5. The molecule has 116 valence electrons. The third kappa shape index (κ3) is 4.02. The van der Waals surface area contributed by atoms with Crippen molar-refractivity contribution in [3.8, 4) is 0 Å². The van der Waals surface area contributed by atoms with Crippen LogP contribution in [0.25, 0.3) is 6.08 Å². The molecule has 0 bridgehead atoms. The Labute approximate surface area is 152 Å². The SMILES string of the molecule is O=C1C(=Cc2ccc(Br)cc2)SC(=S)N1CNc1ccccc1. The molecular weight excluding hydrogens is 392 g/mol. The standard InChI is InChI=1S/C17H13BrN2OS2/c18-13-8-6-12(7-9-13)10-15-16(21)20(17(22)23-15)11-19-14-4-2-1-3-5-14/h1-10,19H,11H2. The van der Waals surface area contributed by atoms with E-state index in [2.05, 4.69) is 21.2 Å². The molecule has 0 unspecified atom stereocenters. The fourth-order valence-corrected chi connectivity index (χ4v) is 3.59. The molecule has 2 aromatic rings. The summed E-state index contributed by atoms with van der Waals surface area (Å²) in [5.74, 6) is -0.0636. The van der Waals surface area contributed by atoms with Gasteiger partial charge in [0.25, 0.3) is 5.91 Å². The predicted octanol–water partition coefficient (Wildman–Crippen LogP) is 4.72. The van der Waals surface area contributed by atoms with E-state index in [4.69, 9.17) is 12.2 Å². The van der Waals surface area contributed by atoms with Gasteiger partial charge in [0.2, 0.25) is 0 Å². The average molecular weight is 405 g/mol. The fraction of sp³-hybridized carbons (Fsp3) is 0.0588. The van der Waals surface area contributed by atoms with E-state index in [1.54, 1.807) is 4.90 Å². The minimum absolute atomic E-state index is 0.0636. The minimum atomic E-state index is -0.0636. The maximum Gasteiger partial charge on any atom is 0.267 e. The van der Waals surface area contributed by atoms with E-state index in [0.29, 0.717) is 15.9 Å². The van der Waals surface area contributed by atoms with Gasteiger partial charge in [0.1, 0.15) is 4.32 Å². The fourth-order valence-electron chi connectivity index (χ4n) is 2.07. The van der Waals surface area contributed by atoms with Crippen molar-refractivity contribution in [3.63, 3.8) is 0 Å². The van der Waals surface area contributed by atoms with Gasteiger partial charge in [-0.25, -0.2) is 0 Å². The van der Waals surface area contributed by atoms with Crippen LogP contribution in [0.4, 0.5) is 5.69 Å². The lowest BCUT2D eigenvalue weighted by atomic mass is 10.2. The molecule has 0 saturated carbocycles. The van der Waals surface area contributed by atoms with Gasteiger partial charge in [0.15, 0.2) is 0 Å². The number of nitrogens with one attached hydrogen (secondary N) is 1. The van der Waals surface area contributed by atoms with Crippen LogP contribution in [0.3, 0.4) is 0 Å². The van der Waals surface area contributed by atoms with Gasteiger partial charge in [-0.3, -0.25) is 9.69 Å². The van der Waals surface area contributed by atoms with Crippen LogP contribution < -0.4 is 5.32 Å². The summed E-state index contributed by atoms with van der Waals surface area (Å²) < 4.78 is 1.58. The Balaban J connectivity index is 1.71. The van der Waals surface area contributed by atoms with Crippen molar-refractivity contribution >= 4 is 61.9 Å². The number of carbonyl (C=O) groups excluding carboxylic acids is 1. The van der Waals surface area contributed by atoms with Gasteiger partial charge in [0.05, 0.1) is 11.6 Å².